The number of carbonyl (C=O) groups excluding carboxylic acids is 2. The normalized spacial score (nSPS) is 10.1. The van der Waals surface area contributed by atoms with Crippen LogP contribution in [-0.4, -0.2) is 21.9 Å². The van der Waals surface area contributed by atoms with Crippen LogP contribution in [0.4, 0.5) is 17.1 Å². The van der Waals surface area contributed by atoms with Gasteiger partial charge in [-0.3, -0.25) is 25.0 Å². The summed E-state index contributed by atoms with van der Waals surface area (Å²) in [6.45, 7) is 3.21. The van der Waals surface area contributed by atoms with Crippen LogP contribution in [0.1, 0.15) is 29.3 Å². The number of amides is 2. The third-order valence-corrected chi connectivity index (χ3v) is 4.33. The van der Waals surface area contributed by atoms with Crippen LogP contribution in [0.3, 0.4) is 0 Å². The number of anilines is 2. The molecule has 0 saturated heterocycles. The van der Waals surface area contributed by atoms with Crippen molar-refractivity contribution in [3.63, 3.8) is 0 Å². The highest BCUT2D eigenvalue weighted by Crippen LogP contribution is 2.26. The molecule has 0 radical (unpaired) electrons. The van der Waals surface area contributed by atoms with Gasteiger partial charge in [-0.25, -0.2) is 0 Å². The summed E-state index contributed by atoms with van der Waals surface area (Å²) in [5, 5.41) is 19.2. The number of nitro benzene ring substituents is 1. The Bertz CT molecular complexity index is 965. The number of hydrogen-bond donors (Lipinski definition) is 3. The van der Waals surface area contributed by atoms with E-state index in [2.05, 4.69) is 16.0 Å². The van der Waals surface area contributed by atoms with Crippen molar-refractivity contribution in [2.45, 2.75) is 20.3 Å². The predicted octanol–water partition coefficient (Wildman–Crippen LogP) is 4.03. The summed E-state index contributed by atoms with van der Waals surface area (Å²) < 4.78 is 0. The van der Waals surface area contributed by atoms with Gasteiger partial charge >= 0.3 is 0 Å². The molecular weight excluding hydrogens is 404 g/mol. The third-order valence-electron chi connectivity index (χ3n) is 3.79. The van der Waals surface area contributed by atoms with E-state index in [1.54, 1.807) is 25.1 Å². The van der Waals surface area contributed by atoms with E-state index < -0.39 is 10.8 Å². The molecule has 0 spiro atoms. The Morgan fingerprint density at radius 3 is 2.57 bits per heavy atom. The summed E-state index contributed by atoms with van der Waals surface area (Å²) in [5.74, 6) is -0.754. The fraction of sp³-hybridized carbons (Fsp3) is 0.167. The van der Waals surface area contributed by atoms with E-state index in [1.807, 2.05) is 0 Å². The maximum absolute atomic E-state index is 12.4. The molecule has 0 aromatic heterocycles. The molecule has 0 atom stereocenters. The first kappa shape index (κ1) is 21.3. The lowest BCUT2D eigenvalue weighted by Gasteiger charge is -2.13. The van der Waals surface area contributed by atoms with Crippen LogP contribution in [-0.2, 0) is 4.79 Å². The SMILES string of the molecule is CCC(=O)Nc1ccc(Cl)c(NC(=S)NC(=O)c2cccc([N+](=O)[O-])c2C)c1. The Morgan fingerprint density at radius 1 is 1.21 bits per heavy atom. The molecule has 28 heavy (non-hydrogen) atoms. The van der Waals surface area contributed by atoms with Gasteiger partial charge < -0.3 is 10.6 Å². The number of benzene rings is 2. The largest absolute Gasteiger partial charge is 0.331 e. The molecule has 2 amide bonds. The molecular formula is C18H17ClN4O4S. The lowest BCUT2D eigenvalue weighted by atomic mass is 10.1. The van der Waals surface area contributed by atoms with Crippen molar-refractivity contribution < 1.29 is 14.5 Å². The first-order chi connectivity index (χ1) is 13.2. The van der Waals surface area contributed by atoms with E-state index in [-0.39, 0.29) is 27.8 Å². The first-order valence-corrected chi connectivity index (χ1v) is 8.97. The number of nitrogens with zero attached hydrogens (tertiary/aromatic N) is 1. The smallest absolute Gasteiger partial charge is 0.273 e. The summed E-state index contributed by atoms with van der Waals surface area (Å²) in [6, 6.07) is 8.99. The van der Waals surface area contributed by atoms with Crippen molar-refractivity contribution in [1.29, 1.82) is 0 Å². The molecule has 0 aliphatic carbocycles. The molecule has 0 heterocycles. The molecule has 8 nitrogen and oxygen atoms in total. The van der Waals surface area contributed by atoms with Crippen LogP contribution in [0.25, 0.3) is 0 Å². The van der Waals surface area contributed by atoms with E-state index >= 15 is 0 Å². The zero-order valence-corrected chi connectivity index (χ0v) is 16.6. The number of halogens is 1. The lowest BCUT2D eigenvalue weighted by molar-refractivity contribution is -0.385. The van der Waals surface area contributed by atoms with E-state index in [1.165, 1.54) is 25.1 Å². The van der Waals surface area contributed by atoms with Crippen LogP contribution in [0.2, 0.25) is 5.02 Å². The highest BCUT2D eigenvalue weighted by atomic mass is 35.5. The number of thiocarbonyl (C=S) groups is 1. The van der Waals surface area contributed by atoms with Gasteiger partial charge in [0.1, 0.15) is 0 Å². The molecule has 0 saturated carbocycles. The van der Waals surface area contributed by atoms with Crippen molar-refractivity contribution >= 4 is 57.8 Å². The summed E-state index contributed by atoms with van der Waals surface area (Å²) in [5.41, 5.74) is 1.11. The molecule has 0 unspecified atom stereocenters. The zero-order chi connectivity index (χ0) is 20.8. The maximum Gasteiger partial charge on any atom is 0.273 e. The molecule has 10 heteroatoms. The fourth-order valence-corrected chi connectivity index (χ4v) is 2.71. The standard InChI is InChI=1S/C18H17ClN4O4S/c1-3-16(24)20-11-7-8-13(19)14(9-11)21-18(28)22-17(25)12-5-4-6-15(10(12)2)23(26)27/h4-9H,3H2,1-2H3,(H,20,24)(H2,21,22,25,28). The average molecular weight is 421 g/mol. The Labute approximate surface area is 171 Å². The molecule has 0 aliphatic heterocycles. The fourth-order valence-electron chi connectivity index (χ4n) is 2.34. The molecule has 2 aromatic carbocycles. The first-order valence-electron chi connectivity index (χ1n) is 8.18. The Kier molecular flexibility index (Phi) is 7.02. The summed E-state index contributed by atoms with van der Waals surface area (Å²) in [4.78, 5) is 34.4. The monoisotopic (exact) mass is 420 g/mol. The quantitative estimate of drug-likeness (QED) is 0.382. The van der Waals surface area contributed by atoms with Gasteiger partial charge in [0.2, 0.25) is 5.91 Å². The molecule has 3 N–H and O–H groups in total. The van der Waals surface area contributed by atoms with Crippen molar-refractivity contribution in [2.75, 3.05) is 10.6 Å². The average Bonchev–Trinajstić information content (AvgIpc) is 2.64. The summed E-state index contributed by atoms with van der Waals surface area (Å²) >= 11 is 11.3. The highest BCUT2D eigenvalue weighted by molar-refractivity contribution is 7.80. The van der Waals surface area contributed by atoms with E-state index in [9.17, 15) is 19.7 Å². The predicted molar refractivity (Wildman–Crippen MR) is 112 cm³/mol. The van der Waals surface area contributed by atoms with Gasteiger partial charge in [0.15, 0.2) is 5.11 Å². The van der Waals surface area contributed by atoms with Crippen LogP contribution < -0.4 is 16.0 Å². The van der Waals surface area contributed by atoms with E-state index in [4.69, 9.17) is 23.8 Å². The number of nitro groups is 1. The minimum absolute atomic E-state index is 0.0447. The Balaban J connectivity index is 2.13. The molecule has 0 aliphatic rings. The Morgan fingerprint density at radius 2 is 1.93 bits per heavy atom. The number of rotatable bonds is 5. The van der Waals surface area contributed by atoms with Crippen LogP contribution in [0.5, 0.6) is 0 Å². The topological polar surface area (TPSA) is 113 Å². The number of hydrogen-bond acceptors (Lipinski definition) is 5. The summed E-state index contributed by atoms with van der Waals surface area (Å²) in [7, 11) is 0. The maximum atomic E-state index is 12.4. The van der Waals surface area contributed by atoms with Crippen LogP contribution >= 0.6 is 23.8 Å². The second-order valence-electron chi connectivity index (χ2n) is 5.71. The second-order valence-corrected chi connectivity index (χ2v) is 6.53. The molecule has 2 rings (SSSR count). The van der Waals surface area contributed by atoms with Gasteiger partial charge in [-0.1, -0.05) is 24.6 Å². The zero-order valence-electron chi connectivity index (χ0n) is 15.0. The lowest BCUT2D eigenvalue weighted by Crippen LogP contribution is -2.34. The van der Waals surface area contributed by atoms with Crippen molar-refractivity contribution in [1.82, 2.24) is 5.32 Å². The second kappa shape index (κ2) is 9.25. The van der Waals surface area contributed by atoms with Crippen molar-refractivity contribution in [2.24, 2.45) is 0 Å². The molecule has 2 aromatic rings. The molecule has 146 valence electrons. The number of nitrogens with one attached hydrogen (secondary N) is 3. The molecule has 0 fully saturated rings. The van der Waals surface area contributed by atoms with Crippen molar-refractivity contribution in [3.05, 3.63) is 62.7 Å². The van der Waals surface area contributed by atoms with Crippen LogP contribution in [0.15, 0.2) is 36.4 Å². The van der Waals surface area contributed by atoms with Gasteiger partial charge in [-0.15, -0.1) is 0 Å². The highest BCUT2D eigenvalue weighted by Gasteiger charge is 2.19. The Hall–Kier alpha value is -3.04. The van der Waals surface area contributed by atoms with Gasteiger partial charge in [0.05, 0.1) is 15.6 Å². The van der Waals surface area contributed by atoms with Crippen molar-refractivity contribution in [3.8, 4) is 0 Å². The minimum atomic E-state index is -0.592. The number of carbonyl (C=O) groups is 2. The summed E-state index contributed by atoms with van der Waals surface area (Å²) in [6.07, 6.45) is 0.322. The van der Waals surface area contributed by atoms with Gasteiger partial charge in [-0.05, 0) is 43.4 Å². The van der Waals surface area contributed by atoms with Gasteiger partial charge in [0, 0.05) is 29.3 Å². The molecule has 0 bridgehead atoms. The van der Waals surface area contributed by atoms with Gasteiger partial charge in [-0.2, -0.15) is 0 Å². The van der Waals surface area contributed by atoms with E-state index in [0.717, 1.165) is 0 Å². The third kappa shape index (κ3) is 5.24. The van der Waals surface area contributed by atoms with E-state index in [0.29, 0.717) is 22.8 Å². The van der Waals surface area contributed by atoms with Gasteiger partial charge in [0.25, 0.3) is 11.6 Å². The van der Waals surface area contributed by atoms with Crippen LogP contribution in [0, 0.1) is 17.0 Å². The minimum Gasteiger partial charge on any atom is -0.331 e.